The molecule has 1 aromatic carbocycles. The predicted molar refractivity (Wildman–Crippen MR) is 55.6 cm³/mol. The standard InChI is InChI=1S/C9H7IO2/c10-4-3-7-1-2-8-9(5-7)12-6-11-8/h1-5H,6H2/b4-3+. The number of rotatable bonds is 1. The molecule has 0 fully saturated rings. The van der Waals surface area contributed by atoms with Crippen LogP contribution in [0, 0.1) is 0 Å². The molecule has 0 saturated carbocycles. The van der Waals surface area contributed by atoms with Gasteiger partial charge in [-0.05, 0) is 27.9 Å². The zero-order valence-electron chi connectivity index (χ0n) is 6.29. The van der Waals surface area contributed by atoms with Crippen molar-refractivity contribution in [1.82, 2.24) is 0 Å². The largest absolute Gasteiger partial charge is 0.454 e. The highest BCUT2D eigenvalue weighted by molar-refractivity contribution is 14.1. The first-order valence-electron chi connectivity index (χ1n) is 3.56. The number of hydrogen-bond acceptors (Lipinski definition) is 2. The van der Waals surface area contributed by atoms with Gasteiger partial charge in [-0.15, -0.1) is 0 Å². The zero-order chi connectivity index (χ0) is 8.39. The maximum Gasteiger partial charge on any atom is 0.231 e. The van der Waals surface area contributed by atoms with Gasteiger partial charge in [-0.25, -0.2) is 0 Å². The summed E-state index contributed by atoms with van der Waals surface area (Å²) in [6, 6.07) is 5.90. The highest BCUT2D eigenvalue weighted by Gasteiger charge is 2.11. The molecule has 12 heavy (non-hydrogen) atoms. The molecule has 1 aliphatic heterocycles. The van der Waals surface area contributed by atoms with Gasteiger partial charge in [0.1, 0.15) is 0 Å². The Balaban J connectivity index is 2.38. The van der Waals surface area contributed by atoms with Crippen LogP contribution in [0.2, 0.25) is 0 Å². The van der Waals surface area contributed by atoms with Crippen molar-refractivity contribution in [3.05, 3.63) is 27.8 Å². The summed E-state index contributed by atoms with van der Waals surface area (Å²) in [7, 11) is 0. The Labute approximate surface area is 84.3 Å². The van der Waals surface area contributed by atoms with E-state index in [4.69, 9.17) is 9.47 Å². The van der Waals surface area contributed by atoms with Crippen molar-refractivity contribution >= 4 is 28.7 Å². The van der Waals surface area contributed by atoms with E-state index in [1.54, 1.807) is 0 Å². The fourth-order valence-electron chi connectivity index (χ4n) is 1.09. The average molecular weight is 274 g/mol. The summed E-state index contributed by atoms with van der Waals surface area (Å²) in [4.78, 5) is 0. The van der Waals surface area contributed by atoms with Gasteiger partial charge >= 0.3 is 0 Å². The van der Waals surface area contributed by atoms with Gasteiger partial charge in [0.15, 0.2) is 11.5 Å². The molecule has 0 amide bonds. The molecule has 0 saturated heterocycles. The lowest BCUT2D eigenvalue weighted by Gasteiger charge is -1.96. The lowest BCUT2D eigenvalue weighted by Crippen LogP contribution is -1.92. The molecule has 1 aliphatic rings. The van der Waals surface area contributed by atoms with E-state index in [9.17, 15) is 0 Å². The van der Waals surface area contributed by atoms with Crippen molar-refractivity contribution in [1.29, 1.82) is 0 Å². The van der Waals surface area contributed by atoms with E-state index in [0.717, 1.165) is 17.1 Å². The molecule has 2 nitrogen and oxygen atoms in total. The quantitative estimate of drug-likeness (QED) is 0.733. The molecular formula is C9H7IO2. The molecule has 0 radical (unpaired) electrons. The number of benzene rings is 1. The van der Waals surface area contributed by atoms with Crippen molar-refractivity contribution in [3.8, 4) is 11.5 Å². The monoisotopic (exact) mass is 274 g/mol. The van der Waals surface area contributed by atoms with Crippen LogP contribution < -0.4 is 9.47 Å². The highest BCUT2D eigenvalue weighted by atomic mass is 127. The molecule has 0 spiro atoms. The molecule has 0 aromatic heterocycles. The molecule has 0 aliphatic carbocycles. The first-order valence-corrected chi connectivity index (χ1v) is 4.81. The van der Waals surface area contributed by atoms with Crippen LogP contribution >= 0.6 is 22.6 Å². The SMILES string of the molecule is I/C=C/c1ccc2c(c1)OCO2. The number of halogens is 1. The van der Waals surface area contributed by atoms with E-state index in [1.165, 1.54) is 0 Å². The minimum atomic E-state index is 0.340. The van der Waals surface area contributed by atoms with E-state index in [1.807, 2.05) is 28.4 Å². The van der Waals surface area contributed by atoms with Gasteiger partial charge in [-0.2, -0.15) is 0 Å². The minimum Gasteiger partial charge on any atom is -0.454 e. The lowest BCUT2D eigenvalue weighted by atomic mass is 10.2. The van der Waals surface area contributed by atoms with Gasteiger partial charge in [-0.1, -0.05) is 28.7 Å². The van der Waals surface area contributed by atoms with E-state index in [2.05, 4.69) is 22.6 Å². The number of fused-ring (bicyclic) bond motifs is 1. The summed E-state index contributed by atoms with van der Waals surface area (Å²) in [5.74, 6) is 1.67. The maximum atomic E-state index is 5.23. The summed E-state index contributed by atoms with van der Waals surface area (Å²) >= 11 is 2.19. The normalized spacial score (nSPS) is 14.1. The smallest absolute Gasteiger partial charge is 0.231 e. The first kappa shape index (κ1) is 7.91. The Morgan fingerprint density at radius 3 is 2.92 bits per heavy atom. The van der Waals surface area contributed by atoms with Crippen LogP contribution in [-0.4, -0.2) is 6.79 Å². The lowest BCUT2D eigenvalue weighted by molar-refractivity contribution is 0.174. The summed E-state index contributed by atoms with van der Waals surface area (Å²) in [5.41, 5.74) is 1.13. The molecule has 62 valence electrons. The second kappa shape index (κ2) is 3.35. The van der Waals surface area contributed by atoms with Gasteiger partial charge in [-0.3, -0.25) is 0 Å². The summed E-state index contributed by atoms with van der Waals surface area (Å²) in [5, 5.41) is 0. The van der Waals surface area contributed by atoms with Gasteiger partial charge < -0.3 is 9.47 Å². The molecule has 2 rings (SSSR count). The number of ether oxygens (including phenoxy) is 2. The summed E-state index contributed by atoms with van der Waals surface area (Å²) in [6.45, 7) is 0.340. The highest BCUT2D eigenvalue weighted by Crippen LogP contribution is 2.32. The van der Waals surface area contributed by atoms with Crippen LogP contribution in [0.3, 0.4) is 0 Å². The van der Waals surface area contributed by atoms with E-state index in [-0.39, 0.29) is 0 Å². The summed E-state index contributed by atoms with van der Waals surface area (Å²) < 4.78 is 12.4. The molecule has 1 heterocycles. The molecule has 0 N–H and O–H groups in total. The maximum absolute atomic E-state index is 5.23. The van der Waals surface area contributed by atoms with Crippen molar-refractivity contribution < 1.29 is 9.47 Å². The van der Waals surface area contributed by atoms with Gasteiger partial charge in [0.25, 0.3) is 0 Å². The first-order chi connectivity index (χ1) is 5.90. The van der Waals surface area contributed by atoms with Crippen molar-refractivity contribution in [2.75, 3.05) is 6.79 Å². The molecule has 0 unspecified atom stereocenters. The third-order valence-electron chi connectivity index (χ3n) is 1.65. The van der Waals surface area contributed by atoms with E-state index < -0.39 is 0 Å². The van der Waals surface area contributed by atoms with Crippen LogP contribution in [0.5, 0.6) is 11.5 Å². The van der Waals surface area contributed by atoms with Crippen LogP contribution in [0.1, 0.15) is 5.56 Å². The Morgan fingerprint density at radius 1 is 1.25 bits per heavy atom. The van der Waals surface area contributed by atoms with Crippen molar-refractivity contribution in [3.63, 3.8) is 0 Å². The van der Waals surface area contributed by atoms with Gasteiger partial charge in [0.2, 0.25) is 6.79 Å². The Hall–Kier alpha value is -0.710. The molecule has 1 aromatic rings. The van der Waals surface area contributed by atoms with Crippen molar-refractivity contribution in [2.24, 2.45) is 0 Å². The second-order valence-corrected chi connectivity index (χ2v) is 3.12. The fraction of sp³-hybridized carbons (Fsp3) is 0.111. The van der Waals surface area contributed by atoms with Crippen LogP contribution in [0.25, 0.3) is 6.08 Å². The van der Waals surface area contributed by atoms with Crippen LogP contribution in [-0.2, 0) is 0 Å². The van der Waals surface area contributed by atoms with E-state index >= 15 is 0 Å². The molecule has 0 atom stereocenters. The van der Waals surface area contributed by atoms with Gasteiger partial charge in [0.05, 0.1) is 0 Å². The minimum absolute atomic E-state index is 0.340. The molecule has 0 bridgehead atoms. The van der Waals surface area contributed by atoms with Crippen LogP contribution in [0.15, 0.2) is 22.3 Å². The second-order valence-electron chi connectivity index (χ2n) is 2.41. The third kappa shape index (κ3) is 1.41. The van der Waals surface area contributed by atoms with E-state index in [0.29, 0.717) is 6.79 Å². The van der Waals surface area contributed by atoms with Crippen molar-refractivity contribution in [2.45, 2.75) is 0 Å². The molecule has 3 heteroatoms. The topological polar surface area (TPSA) is 18.5 Å². The predicted octanol–water partition coefficient (Wildman–Crippen LogP) is 2.82. The van der Waals surface area contributed by atoms with Gasteiger partial charge in [0, 0.05) is 0 Å². The van der Waals surface area contributed by atoms with Crippen LogP contribution in [0.4, 0.5) is 0 Å². The Bertz CT molecular complexity index is 320. The zero-order valence-corrected chi connectivity index (χ0v) is 8.45. The Morgan fingerprint density at radius 2 is 2.08 bits per heavy atom. The fourth-order valence-corrected chi connectivity index (χ4v) is 1.50. The Kier molecular flexibility index (Phi) is 2.21. The third-order valence-corrected chi connectivity index (χ3v) is 2.01. The number of hydrogen-bond donors (Lipinski definition) is 0. The summed E-state index contributed by atoms with van der Waals surface area (Å²) in [6.07, 6.45) is 2.02. The average Bonchev–Trinajstić information content (AvgIpc) is 2.51. The molecular weight excluding hydrogens is 267 g/mol.